The standard InChI is InChI=1S/C19H19F3N2O2/c1-13(25)24(11-9-14-5-3-2-4-6-14)12-10-17(26)23-16-8-7-15(20)18(21)19(16)22/h2-8H,9-12H2,1H3,(H,23,26). The van der Waals surface area contributed by atoms with Gasteiger partial charge in [0.1, 0.15) is 0 Å². The minimum atomic E-state index is -1.64. The lowest BCUT2D eigenvalue weighted by molar-refractivity contribution is -0.129. The normalized spacial score (nSPS) is 10.5. The van der Waals surface area contributed by atoms with Gasteiger partial charge in [0.15, 0.2) is 17.5 Å². The fourth-order valence-electron chi connectivity index (χ4n) is 2.41. The number of carbonyl (C=O) groups is 2. The van der Waals surface area contributed by atoms with Crippen LogP contribution in [0.1, 0.15) is 18.9 Å². The number of hydrogen-bond acceptors (Lipinski definition) is 2. The number of nitrogens with zero attached hydrogens (tertiary/aromatic N) is 1. The van der Waals surface area contributed by atoms with Crippen molar-refractivity contribution in [1.82, 2.24) is 4.90 Å². The van der Waals surface area contributed by atoms with Gasteiger partial charge < -0.3 is 10.2 Å². The molecule has 1 N–H and O–H groups in total. The van der Waals surface area contributed by atoms with Crippen molar-refractivity contribution in [2.45, 2.75) is 19.8 Å². The van der Waals surface area contributed by atoms with Crippen LogP contribution in [-0.4, -0.2) is 29.8 Å². The molecule has 2 amide bonds. The Balaban J connectivity index is 1.89. The predicted molar refractivity (Wildman–Crippen MR) is 92.0 cm³/mol. The zero-order valence-electron chi connectivity index (χ0n) is 14.3. The molecule has 2 rings (SSSR count). The number of carbonyl (C=O) groups excluding carboxylic acids is 2. The zero-order chi connectivity index (χ0) is 19.1. The molecule has 0 fully saturated rings. The first-order valence-electron chi connectivity index (χ1n) is 8.11. The topological polar surface area (TPSA) is 49.4 Å². The highest BCUT2D eigenvalue weighted by Gasteiger charge is 2.16. The van der Waals surface area contributed by atoms with Crippen LogP contribution in [0.15, 0.2) is 42.5 Å². The molecule has 0 aliphatic heterocycles. The third-order valence-electron chi connectivity index (χ3n) is 3.88. The third-order valence-corrected chi connectivity index (χ3v) is 3.88. The Morgan fingerprint density at radius 1 is 0.962 bits per heavy atom. The number of benzene rings is 2. The summed E-state index contributed by atoms with van der Waals surface area (Å²) >= 11 is 0. The van der Waals surface area contributed by atoms with E-state index in [4.69, 9.17) is 0 Å². The molecule has 2 aromatic carbocycles. The summed E-state index contributed by atoms with van der Waals surface area (Å²) in [7, 11) is 0. The van der Waals surface area contributed by atoms with Crippen LogP contribution in [0, 0.1) is 17.5 Å². The molecule has 0 aliphatic rings. The largest absolute Gasteiger partial charge is 0.342 e. The van der Waals surface area contributed by atoms with E-state index < -0.39 is 29.0 Å². The van der Waals surface area contributed by atoms with Crippen LogP contribution >= 0.6 is 0 Å². The smallest absolute Gasteiger partial charge is 0.226 e. The highest BCUT2D eigenvalue weighted by molar-refractivity contribution is 5.91. The molecule has 0 saturated heterocycles. The number of amides is 2. The molecule has 2 aromatic rings. The summed E-state index contributed by atoms with van der Waals surface area (Å²) in [6.07, 6.45) is 0.548. The molecule has 0 heterocycles. The van der Waals surface area contributed by atoms with Crippen LogP contribution in [-0.2, 0) is 16.0 Å². The van der Waals surface area contributed by atoms with Gasteiger partial charge in [-0.2, -0.15) is 0 Å². The first-order valence-corrected chi connectivity index (χ1v) is 8.11. The summed E-state index contributed by atoms with van der Waals surface area (Å²) in [6.45, 7) is 1.98. The van der Waals surface area contributed by atoms with E-state index in [-0.39, 0.29) is 18.9 Å². The van der Waals surface area contributed by atoms with Gasteiger partial charge in [0.25, 0.3) is 0 Å². The van der Waals surface area contributed by atoms with Crippen LogP contribution in [0.25, 0.3) is 0 Å². The van der Waals surface area contributed by atoms with Crippen molar-refractivity contribution in [1.29, 1.82) is 0 Å². The molecule has 0 saturated carbocycles. The van der Waals surface area contributed by atoms with E-state index in [0.29, 0.717) is 13.0 Å². The van der Waals surface area contributed by atoms with E-state index >= 15 is 0 Å². The van der Waals surface area contributed by atoms with Crippen molar-refractivity contribution >= 4 is 17.5 Å². The monoisotopic (exact) mass is 364 g/mol. The summed E-state index contributed by atoms with van der Waals surface area (Å²) in [5.74, 6) is -5.21. The van der Waals surface area contributed by atoms with Crippen LogP contribution in [0.5, 0.6) is 0 Å². The maximum absolute atomic E-state index is 13.6. The molecule has 0 radical (unpaired) electrons. The molecule has 0 atom stereocenters. The fraction of sp³-hybridized carbons (Fsp3) is 0.263. The summed E-state index contributed by atoms with van der Waals surface area (Å²) in [4.78, 5) is 25.2. The van der Waals surface area contributed by atoms with E-state index in [1.54, 1.807) is 0 Å². The minimum absolute atomic E-state index is 0.0905. The van der Waals surface area contributed by atoms with E-state index in [0.717, 1.165) is 17.7 Å². The Kier molecular flexibility index (Phi) is 6.77. The lowest BCUT2D eigenvalue weighted by Gasteiger charge is -2.21. The van der Waals surface area contributed by atoms with Crippen molar-refractivity contribution < 1.29 is 22.8 Å². The zero-order valence-corrected chi connectivity index (χ0v) is 14.3. The van der Waals surface area contributed by atoms with Crippen LogP contribution in [0.4, 0.5) is 18.9 Å². The number of halogens is 3. The van der Waals surface area contributed by atoms with E-state index in [2.05, 4.69) is 5.32 Å². The van der Waals surface area contributed by atoms with Crippen molar-refractivity contribution in [3.63, 3.8) is 0 Å². The van der Waals surface area contributed by atoms with Crippen LogP contribution in [0.2, 0.25) is 0 Å². The maximum Gasteiger partial charge on any atom is 0.226 e. The van der Waals surface area contributed by atoms with E-state index in [1.165, 1.54) is 11.8 Å². The van der Waals surface area contributed by atoms with Crippen molar-refractivity contribution in [3.8, 4) is 0 Å². The SMILES string of the molecule is CC(=O)N(CCC(=O)Nc1ccc(F)c(F)c1F)CCc1ccccc1. The average molecular weight is 364 g/mol. The molecular formula is C19H19F3N2O2. The lowest BCUT2D eigenvalue weighted by Crippen LogP contribution is -2.33. The van der Waals surface area contributed by atoms with Gasteiger partial charge >= 0.3 is 0 Å². The Morgan fingerprint density at radius 2 is 1.65 bits per heavy atom. The highest BCUT2D eigenvalue weighted by atomic mass is 19.2. The number of rotatable bonds is 7. The van der Waals surface area contributed by atoms with E-state index in [1.807, 2.05) is 30.3 Å². The summed E-state index contributed by atoms with van der Waals surface area (Å²) in [5.41, 5.74) is 0.625. The molecular weight excluding hydrogens is 345 g/mol. The fourth-order valence-corrected chi connectivity index (χ4v) is 2.41. The lowest BCUT2D eigenvalue weighted by atomic mass is 10.1. The molecule has 0 spiro atoms. The first-order chi connectivity index (χ1) is 12.4. The van der Waals surface area contributed by atoms with Gasteiger partial charge in [-0.1, -0.05) is 30.3 Å². The summed E-state index contributed by atoms with van der Waals surface area (Å²) in [5, 5.41) is 2.19. The number of nitrogens with one attached hydrogen (secondary N) is 1. The molecule has 0 aliphatic carbocycles. The van der Waals surface area contributed by atoms with Gasteiger partial charge in [-0.3, -0.25) is 9.59 Å². The highest BCUT2D eigenvalue weighted by Crippen LogP contribution is 2.19. The molecule has 26 heavy (non-hydrogen) atoms. The summed E-state index contributed by atoms with van der Waals surface area (Å²) < 4.78 is 39.6. The van der Waals surface area contributed by atoms with E-state index in [9.17, 15) is 22.8 Å². The quantitative estimate of drug-likeness (QED) is 0.764. The predicted octanol–water partition coefficient (Wildman–Crippen LogP) is 3.52. The second-order valence-corrected chi connectivity index (χ2v) is 5.76. The first kappa shape index (κ1) is 19.5. The van der Waals surface area contributed by atoms with Crippen molar-refractivity contribution in [2.75, 3.05) is 18.4 Å². The molecule has 7 heteroatoms. The maximum atomic E-state index is 13.6. The van der Waals surface area contributed by atoms with Gasteiger partial charge in [0.2, 0.25) is 11.8 Å². The number of hydrogen-bond donors (Lipinski definition) is 1. The van der Waals surface area contributed by atoms with Gasteiger partial charge in [-0.15, -0.1) is 0 Å². The third kappa shape index (κ3) is 5.34. The van der Waals surface area contributed by atoms with Gasteiger partial charge in [0, 0.05) is 26.4 Å². The molecule has 0 bridgehead atoms. The molecule has 4 nitrogen and oxygen atoms in total. The molecule has 0 aromatic heterocycles. The Hall–Kier alpha value is -2.83. The van der Waals surface area contributed by atoms with Gasteiger partial charge in [0.05, 0.1) is 5.69 Å². The van der Waals surface area contributed by atoms with Crippen molar-refractivity contribution in [2.24, 2.45) is 0 Å². The Bertz CT molecular complexity index is 782. The minimum Gasteiger partial charge on any atom is -0.342 e. The number of anilines is 1. The average Bonchev–Trinajstić information content (AvgIpc) is 2.62. The summed E-state index contributed by atoms with van der Waals surface area (Å²) in [6, 6.07) is 11.3. The van der Waals surface area contributed by atoms with Gasteiger partial charge in [-0.05, 0) is 24.1 Å². The Labute approximate surface area is 149 Å². The molecule has 0 unspecified atom stereocenters. The van der Waals surface area contributed by atoms with Crippen LogP contribution in [0.3, 0.4) is 0 Å². The van der Waals surface area contributed by atoms with Gasteiger partial charge in [-0.25, -0.2) is 13.2 Å². The Morgan fingerprint density at radius 3 is 2.31 bits per heavy atom. The molecule has 138 valence electrons. The second-order valence-electron chi connectivity index (χ2n) is 5.76. The second kappa shape index (κ2) is 9.03. The van der Waals surface area contributed by atoms with Crippen LogP contribution < -0.4 is 5.32 Å². The van der Waals surface area contributed by atoms with Crippen molar-refractivity contribution in [3.05, 3.63) is 65.5 Å².